The van der Waals surface area contributed by atoms with Crippen molar-refractivity contribution >= 4 is 29.8 Å². The fraction of sp³-hybridized carbons (Fsp3) is 0.414. The molecule has 2 rings (SSSR count). The zero-order chi connectivity index (χ0) is 30.2. The van der Waals surface area contributed by atoms with E-state index in [1.54, 1.807) is 0 Å². The Hall–Kier alpha value is -4.61. The lowest BCUT2D eigenvalue weighted by atomic mass is 10.0. The minimum absolute atomic E-state index is 0.00688. The molecule has 0 radical (unpaired) electrons. The van der Waals surface area contributed by atoms with Crippen LogP contribution in [0, 0.1) is 5.92 Å². The van der Waals surface area contributed by atoms with Crippen LogP contribution in [-0.2, 0) is 32.1 Å². The first-order valence-electron chi connectivity index (χ1n) is 13.4. The molecule has 0 bridgehead atoms. The number of benzene rings is 2. The Kier molecular flexibility index (Phi) is 13.6. The number of aliphatic imine (C=N–C) groups is 1. The molecule has 3 unspecified atom stereocenters. The van der Waals surface area contributed by atoms with Gasteiger partial charge in [0.25, 0.3) is 0 Å². The number of hydrogen-bond acceptors (Lipinski definition) is 6. The van der Waals surface area contributed by atoms with Gasteiger partial charge in [-0.05, 0) is 36.3 Å². The maximum Gasteiger partial charge on any atom is 0.408 e. The van der Waals surface area contributed by atoms with E-state index < -0.39 is 42.0 Å². The maximum atomic E-state index is 13.4. The first-order valence-corrected chi connectivity index (χ1v) is 13.4. The molecule has 0 aliphatic carbocycles. The highest BCUT2D eigenvalue weighted by atomic mass is 16.5. The van der Waals surface area contributed by atoms with Crippen molar-refractivity contribution in [2.45, 2.75) is 64.3 Å². The SMILES string of the molecule is CC(C)CC(NC(=O)C(Cc1ccccc1)NC(=O)OCc1ccccc1)C(=O)NC(CCCN=C(N)N)C(=O)O. The summed E-state index contributed by atoms with van der Waals surface area (Å²) in [5.41, 5.74) is 12.2. The van der Waals surface area contributed by atoms with Gasteiger partial charge in [-0.1, -0.05) is 74.5 Å². The van der Waals surface area contributed by atoms with Gasteiger partial charge in [-0.15, -0.1) is 0 Å². The summed E-state index contributed by atoms with van der Waals surface area (Å²) >= 11 is 0. The van der Waals surface area contributed by atoms with Crippen LogP contribution in [0.3, 0.4) is 0 Å². The van der Waals surface area contributed by atoms with E-state index in [2.05, 4.69) is 20.9 Å². The number of ether oxygens (including phenoxy) is 1. The van der Waals surface area contributed by atoms with Crippen LogP contribution in [0.4, 0.5) is 4.79 Å². The molecule has 0 spiro atoms. The van der Waals surface area contributed by atoms with Gasteiger partial charge >= 0.3 is 12.1 Å². The predicted octanol–water partition coefficient (Wildman–Crippen LogP) is 1.68. The van der Waals surface area contributed by atoms with Crippen molar-refractivity contribution in [1.82, 2.24) is 16.0 Å². The number of carbonyl (C=O) groups excluding carboxylic acids is 3. The fourth-order valence-corrected chi connectivity index (χ4v) is 3.97. The Bertz CT molecular complexity index is 1150. The number of nitrogens with zero attached hydrogens (tertiary/aromatic N) is 1. The van der Waals surface area contributed by atoms with E-state index in [4.69, 9.17) is 16.2 Å². The standard InChI is InChI=1S/C29H40N6O6/c1-19(2)16-23(25(36)33-22(27(38)39)14-9-15-32-28(30)31)34-26(37)24(17-20-10-5-3-6-11-20)35-29(40)41-18-21-12-7-4-8-13-21/h3-8,10-13,19,22-24H,9,14-18H2,1-2H3,(H,33,36)(H,34,37)(H,35,40)(H,38,39)(H4,30,31,32). The van der Waals surface area contributed by atoms with Gasteiger partial charge in [-0.25, -0.2) is 9.59 Å². The van der Waals surface area contributed by atoms with Crippen LogP contribution in [0.5, 0.6) is 0 Å². The summed E-state index contributed by atoms with van der Waals surface area (Å²) in [4.78, 5) is 54.8. The average molecular weight is 569 g/mol. The van der Waals surface area contributed by atoms with E-state index in [1.165, 1.54) is 0 Å². The second-order valence-electron chi connectivity index (χ2n) is 9.99. The second kappa shape index (κ2) is 17.2. The topological polar surface area (TPSA) is 198 Å². The Morgan fingerprint density at radius 1 is 0.829 bits per heavy atom. The Labute approximate surface area is 239 Å². The lowest BCUT2D eigenvalue weighted by Gasteiger charge is -2.25. The number of rotatable bonds is 16. The van der Waals surface area contributed by atoms with Gasteiger partial charge in [-0.2, -0.15) is 0 Å². The van der Waals surface area contributed by atoms with Crippen molar-refractivity contribution < 1.29 is 29.0 Å². The Morgan fingerprint density at radius 2 is 1.39 bits per heavy atom. The first kappa shape index (κ1) is 32.6. The lowest BCUT2D eigenvalue weighted by molar-refractivity contribution is -0.142. The summed E-state index contributed by atoms with van der Waals surface area (Å²) < 4.78 is 5.30. The number of carboxylic acids is 1. The maximum absolute atomic E-state index is 13.4. The minimum atomic E-state index is -1.22. The van der Waals surface area contributed by atoms with Crippen molar-refractivity contribution in [2.75, 3.05) is 6.54 Å². The van der Waals surface area contributed by atoms with Crippen LogP contribution in [0.2, 0.25) is 0 Å². The van der Waals surface area contributed by atoms with Crippen LogP contribution in [-0.4, -0.2) is 59.6 Å². The van der Waals surface area contributed by atoms with E-state index in [9.17, 15) is 24.3 Å². The minimum Gasteiger partial charge on any atom is -0.480 e. The molecule has 0 saturated heterocycles. The second-order valence-corrected chi connectivity index (χ2v) is 9.99. The molecule has 3 amide bonds. The predicted molar refractivity (Wildman–Crippen MR) is 155 cm³/mol. The van der Waals surface area contributed by atoms with Crippen molar-refractivity contribution in [2.24, 2.45) is 22.4 Å². The zero-order valence-corrected chi connectivity index (χ0v) is 23.4. The van der Waals surface area contributed by atoms with E-state index in [0.29, 0.717) is 6.42 Å². The summed E-state index contributed by atoms with van der Waals surface area (Å²) in [5, 5.41) is 17.4. The molecule has 3 atom stereocenters. The molecular weight excluding hydrogens is 528 g/mol. The molecule has 0 saturated carbocycles. The quantitative estimate of drug-likeness (QED) is 0.0998. The molecule has 41 heavy (non-hydrogen) atoms. The molecule has 0 aliphatic rings. The summed E-state index contributed by atoms with van der Waals surface area (Å²) in [5.74, 6) is -2.59. The number of amides is 3. The summed E-state index contributed by atoms with van der Waals surface area (Å²) in [7, 11) is 0. The Balaban J connectivity index is 2.13. The first-order chi connectivity index (χ1) is 19.5. The number of hydrogen-bond donors (Lipinski definition) is 6. The van der Waals surface area contributed by atoms with Gasteiger partial charge in [0, 0.05) is 13.0 Å². The molecule has 222 valence electrons. The average Bonchev–Trinajstić information content (AvgIpc) is 2.93. The van der Waals surface area contributed by atoms with Gasteiger partial charge in [0.2, 0.25) is 11.8 Å². The van der Waals surface area contributed by atoms with E-state index in [1.807, 2.05) is 74.5 Å². The lowest BCUT2D eigenvalue weighted by Crippen LogP contribution is -2.56. The monoisotopic (exact) mass is 568 g/mol. The summed E-state index contributed by atoms with van der Waals surface area (Å²) in [6.45, 7) is 3.97. The fourth-order valence-electron chi connectivity index (χ4n) is 3.97. The third-order valence-corrected chi connectivity index (χ3v) is 6.00. The van der Waals surface area contributed by atoms with Crippen LogP contribution in [0.1, 0.15) is 44.2 Å². The van der Waals surface area contributed by atoms with E-state index in [-0.39, 0.29) is 44.3 Å². The van der Waals surface area contributed by atoms with Crippen molar-refractivity contribution in [3.8, 4) is 0 Å². The smallest absolute Gasteiger partial charge is 0.408 e. The van der Waals surface area contributed by atoms with Gasteiger partial charge in [-0.3, -0.25) is 14.6 Å². The highest BCUT2D eigenvalue weighted by molar-refractivity contribution is 5.93. The van der Waals surface area contributed by atoms with Crippen molar-refractivity contribution in [1.29, 1.82) is 0 Å². The molecule has 2 aromatic carbocycles. The number of alkyl carbamates (subject to hydrolysis) is 1. The molecule has 2 aromatic rings. The number of aliphatic carboxylic acids is 1. The van der Waals surface area contributed by atoms with Gasteiger partial charge in [0.05, 0.1) is 0 Å². The number of carboxylic acid groups (broad SMARTS) is 1. The van der Waals surface area contributed by atoms with Gasteiger partial charge in [0.1, 0.15) is 24.7 Å². The van der Waals surface area contributed by atoms with Crippen LogP contribution in [0.15, 0.2) is 65.7 Å². The molecular formula is C29H40N6O6. The van der Waals surface area contributed by atoms with Crippen LogP contribution >= 0.6 is 0 Å². The van der Waals surface area contributed by atoms with E-state index >= 15 is 0 Å². The van der Waals surface area contributed by atoms with Crippen molar-refractivity contribution in [3.05, 3.63) is 71.8 Å². The van der Waals surface area contributed by atoms with Gasteiger partial charge in [0.15, 0.2) is 5.96 Å². The number of carbonyl (C=O) groups is 4. The number of nitrogens with one attached hydrogen (secondary N) is 3. The van der Waals surface area contributed by atoms with Gasteiger partial charge < -0.3 is 37.3 Å². The molecule has 12 heteroatoms. The molecule has 0 aliphatic heterocycles. The summed E-state index contributed by atoms with van der Waals surface area (Å²) in [6.07, 6.45) is 0.0116. The largest absolute Gasteiger partial charge is 0.480 e. The third-order valence-electron chi connectivity index (χ3n) is 6.00. The molecule has 8 N–H and O–H groups in total. The highest BCUT2D eigenvalue weighted by Crippen LogP contribution is 2.10. The highest BCUT2D eigenvalue weighted by Gasteiger charge is 2.30. The molecule has 0 heterocycles. The number of nitrogens with two attached hydrogens (primary N) is 2. The Morgan fingerprint density at radius 3 is 1.95 bits per heavy atom. The molecule has 0 aromatic heterocycles. The van der Waals surface area contributed by atoms with Crippen LogP contribution < -0.4 is 27.4 Å². The molecule has 12 nitrogen and oxygen atoms in total. The van der Waals surface area contributed by atoms with Crippen molar-refractivity contribution in [3.63, 3.8) is 0 Å². The normalized spacial score (nSPS) is 12.9. The molecule has 0 fully saturated rings. The number of guanidine groups is 1. The summed E-state index contributed by atoms with van der Waals surface area (Å²) in [6, 6.07) is 14.9. The van der Waals surface area contributed by atoms with Crippen LogP contribution in [0.25, 0.3) is 0 Å². The third kappa shape index (κ3) is 12.9. The zero-order valence-electron chi connectivity index (χ0n) is 23.4. The van der Waals surface area contributed by atoms with E-state index in [0.717, 1.165) is 11.1 Å².